The minimum atomic E-state index is 0.149. The summed E-state index contributed by atoms with van der Waals surface area (Å²) in [6, 6.07) is 18.6. The van der Waals surface area contributed by atoms with Gasteiger partial charge in [0.25, 0.3) is 0 Å². The topological polar surface area (TPSA) is 47.3 Å². The molecule has 0 aliphatic rings. The van der Waals surface area contributed by atoms with Crippen LogP contribution in [0.4, 0.5) is 0 Å². The highest BCUT2D eigenvalue weighted by Crippen LogP contribution is 2.16. The molecule has 0 amide bonds. The van der Waals surface area contributed by atoms with Crippen LogP contribution in [0.1, 0.15) is 29.8 Å². The molecule has 4 nitrogen and oxygen atoms in total. The number of aliphatic hydroxyl groups excluding tert-OH is 1. The lowest BCUT2D eigenvalue weighted by atomic mass is 10.1. The maximum absolute atomic E-state index is 9.04. The minimum Gasteiger partial charge on any atom is -0.489 e. The second-order valence-corrected chi connectivity index (χ2v) is 6.39. The van der Waals surface area contributed by atoms with Gasteiger partial charge in [0.2, 0.25) is 0 Å². The molecule has 3 aromatic rings. The highest BCUT2D eigenvalue weighted by molar-refractivity contribution is 5.27. The number of nitrogens with zero attached hydrogens (tertiary/aromatic N) is 2. The third kappa shape index (κ3) is 5.46. The first-order valence-corrected chi connectivity index (χ1v) is 9.21. The average molecular weight is 350 g/mol. The van der Waals surface area contributed by atoms with Crippen molar-refractivity contribution in [1.82, 2.24) is 9.55 Å². The van der Waals surface area contributed by atoms with E-state index in [1.165, 1.54) is 11.1 Å². The van der Waals surface area contributed by atoms with Crippen LogP contribution in [0, 0.1) is 0 Å². The summed E-state index contributed by atoms with van der Waals surface area (Å²) in [7, 11) is 0. The van der Waals surface area contributed by atoms with E-state index in [0.717, 1.165) is 37.4 Å². The fourth-order valence-corrected chi connectivity index (χ4v) is 2.98. The highest BCUT2D eigenvalue weighted by atomic mass is 16.5. The summed E-state index contributed by atoms with van der Waals surface area (Å²) < 4.78 is 7.96. The van der Waals surface area contributed by atoms with Crippen molar-refractivity contribution in [1.29, 1.82) is 0 Å². The van der Waals surface area contributed by atoms with Crippen molar-refractivity contribution < 1.29 is 9.84 Å². The molecule has 26 heavy (non-hydrogen) atoms. The summed E-state index contributed by atoms with van der Waals surface area (Å²) >= 11 is 0. The van der Waals surface area contributed by atoms with Crippen LogP contribution in [-0.4, -0.2) is 21.3 Å². The van der Waals surface area contributed by atoms with Crippen LogP contribution in [-0.2, 0) is 26.0 Å². The minimum absolute atomic E-state index is 0.149. The molecular formula is C22H26N2O2. The Labute approximate surface area is 155 Å². The zero-order chi connectivity index (χ0) is 18.0. The Balaban J connectivity index is 1.39. The Morgan fingerprint density at radius 3 is 2.46 bits per heavy atom. The smallest absolute Gasteiger partial charge is 0.119 e. The van der Waals surface area contributed by atoms with E-state index in [0.29, 0.717) is 13.0 Å². The number of unbranched alkanes of at least 4 members (excludes halogenated alkanes) is 1. The standard InChI is InChI=1S/C22H26N2O2/c25-17-13-22-23-14-16-24(22)15-5-4-6-19-9-11-21(12-10-19)26-18-20-7-2-1-3-8-20/h1-3,7-12,14,16,25H,4-6,13,15,17-18H2. The van der Waals surface area contributed by atoms with Crippen LogP contribution < -0.4 is 4.74 Å². The molecule has 136 valence electrons. The molecule has 0 fully saturated rings. The second kappa shape index (κ2) is 9.78. The van der Waals surface area contributed by atoms with Crippen molar-refractivity contribution in [3.05, 3.63) is 83.9 Å². The van der Waals surface area contributed by atoms with E-state index in [1.807, 2.05) is 36.5 Å². The Hall–Kier alpha value is -2.59. The van der Waals surface area contributed by atoms with Crippen molar-refractivity contribution >= 4 is 0 Å². The van der Waals surface area contributed by atoms with Gasteiger partial charge in [0, 0.05) is 25.4 Å². The van der Waals surface area contributed by atoms with Gasteiger partial charge in [0.15, 0.2) is 0 Å². The van der Waals surface area contributed by atoms with Crippen molar-refractivity contribution in [2.24, 2.45) is 0 Å². The number of imidazole rings is 1. The van der Waals surface area contributed by atoms with Gasteiger partial charge in [-0.1, -0.05) is 42.5 Å². The lowest BCUT2D eigenvalue weighted by Gasteiger charge is -2.08. The molecule has 0 unspecified atom stereocenters. The number of hydrogen-bond donors (Lipinski definition) is 1. The molecular weight excluding hydrogens is 324 g/mol. The van der Waals surface area contributed by atoms with Gasteiger partial charge in [-0.05, 0) is 42.5 Å². The van der Waals surface area contributed by atoms with E-state index in [1.54, 1.807) is 6.20 Å². The number of hydrogen-bond acceptors (Lipinski definition) is 3. The van der Waals surface area contributed by atoms with Crippen LogP contribution in [0.3, 0.4) is 0 Å². The molecule has 0 aliphatic heterocycles. The van der Waals surface area contributed by atoms with Gasteiger partial charge < -0.3 is 14.4 Å². The van der Waals surface area contributed by atoms with Gasteiger partial charge >= 0.3 is 0 Å². The third-order valence-corrected chi connectivity index (χ3v) is 4.42. The first-order valence-electron chi connectivity index (χ1n) is 9.21. The normalized spacial score (nSPS) is 10.8. The van der Waals surface area contributed by atoms with Crippen LogP contribution in [0.2, 0.25) is 0 Å². The summed E-state index contributed by atoms with van der Waals surface area (Å²) in [5, 5.41) is 9.04. The van der Waals surface area contributed by atoms with E-state index in [4.69, 9.17) is 9.84 Å². The molecule has 0 aliphatic carbocycles. The van der Waals surface area contributed by atoms with E-state index in [2.05, 4.69) is 33.8 Å². The maximum Gasteiger partial charge on any atom is 0.119 e. The molecule has 0 radical (unpaired) electrons. The van der Waals surface area contributed by atoms with Gasteiger partial charge in [-0.3, -0.25) is 0 Å². The first-order chi connectivity index (χ1) is 12.8. The van der Waals surface area contributed by atoms with Crippen molar-refractivity contribution in [2.45, 2.75) is 38.8 Å². The Bertz CT molecular complexity index is 766. The van der Waals surface area contributed by atoms with Crippen LogP contribution in [0.15, 0.2) is 67.0 Å². The van der Waals surface area contributed by atoms with Gasteiger partial charge in [-0.2, -0.15) is 0 Å². The summed E-state index contributed by atoms with van der Waals surface area (Å²) in [4.78, 5) is 4.28. The van der Waals surface area contributed by atoms with E-state index < -0.39 is 0 Å². The molecule has 1 heterocycles. The van der Waals surface area contributed by atoms with Gasteiger partial charge in [0.05, 0.1) is 6.61 Å². The molecule has 4 heteroatoms. The summed E-state index contributed by atoms with van der Waals surface area (Å²) in [5.74, 6) is 1.87. The van der Waals surface area contributed by atoms with Crippen LogP contribution in [0.25, 0.3) is 0 Å². The monoisotopic (exact) mass is 350 g/mol. The van der Waals surface area contributed by atoms with Crippen molar-refractivity contribution in [2.75, 3.05) is 6.61 Å². The van der Waals surface area contributed by atoms with Crippen molar-refractivity contribution in [3.8, 4) is 5.75 Å². The predicted octanol–water partition coefficient (Wildman–Crippen LogP) is 4.02. The van der Waals surface area contributed by atoms with Gasteiger partial charge in [-0.15, -0.1) is 0 Å². The fraction of sp³-hybridized carbons (Fsp3) is 0.318. The average Bonchev–Trinajstić information content (AvgIpc) is 3.13. The number of ether oxygens (including phenoxy) is 1. The molecule has 0 bridgehead atoms. The Kier molecular flexibility index (Phi) is 6.85. The molecule has 0 saturated carbocycles. The Morgan fingerprint density at radius 2 is 1.69 bits per heavy atom. The van der Waals surface area contributed by atoms with Crippen molar-refractivity contribution in [3.63, 3.8) is 0 Å². The third-order valence-electron chi connectivity index (χ3n) is 4.42. The van der Waals surface area contributed by atoms with E-state index in [-0.39, 0.29) is 6.61 Å². The number of aryl methyl sites for hydroxylation is 2. The molecule has 0 saturated heterocycles. The lowest BCUT2D eigenvalue weighted by Crippen LogP contribution is -2.05. The summed E-state index contributed by atoms with van der Waals surface area (Å²) in [6.07, 6.45) is 7.70. The Morgan fingerprint density at radius 1 is 0.885 bits per heavy atom. The van der Waals surface area contributed by atoms with E-state index >= 15 is 0 Å². The predicted molar refractivity (Wildman–Crippen MR) is 103 cm³/mol. The summed E-state index contributed by atoms with van der Waals surface area (Å²) in [5.41, 5.74) is 2.51. The van der Waals surface area contributed by atoms with Crippen LogP contribution >= 0.6 is 0 Å². The largest absolute Gasteiger partial charge is 0.489 e. The fourth-order valence-electron chi connectivity index (χ4n) is 2.98. The van der Waals surface area contributed by atoms with Gasteiger partial charge in [-0.25, -0.2) is 4.98 Å². The SMILES string of the molecule is OCCc1nccn1CCCCc1ccc(OCc2ccccc2)cc1. The number of aliphatic hydroxyl groups is 1. The summed E-state index contributed by atoms with van der Waals surface area (Å²) in [6.45, 7) is 1.70. The molecule has 0 atom stereocenters. The number of benzene rings is 2. The lowest BCUT2D eigenvalue weighted by molar-refractivity contribution is 0.294. The molecule has 1 N–H and O–H groups in total. The number of rotatable bonds is 10. The first kappa shape index (κ1) is 18.2. The van der Waals surface area contributed by atoms with Gasteiger partial charge in [0.1, 0.15) is 18.2 Å². The zero-order valence-electron chi connectivity index (χ0n) is 15.1. The van der Waals surface area contributed by atoms with Crippen LogP contribution in [0.5, 0.6) is 5.75 Å². The molecule has 0 spiro atoms. The maximum atomic E-state index is 9.04. The molecule has 2 aromatic carbocycles. The zero-order valence-corrected chi connectivity index (χ0v) is 15.1. The molecule has 1 aromatic heterocycles. The highest BCUT2D eigenvalue weighted by Gasteiger charge is 2.02. The quantitative estimate of drug-likeness (QED) is 0.562. The second-order valence-electron chi connectivity index (χ2n) is 6.39. The number of aromatic nitrogens is 2. The molecule has 3 rings (SSSR count). The van der Waals surface area contributed by atoms with E-state index in [9.17, 15) is 0 Å².